The summed E-state index contributed by atoms with van der Waals surface area (Å²) in [6.07, 6.45) is 6.01. The van der Waals surface area contributed by atoms with E-state index in [1.54, 1.807) is 0 Å². The molecule has 1 fully saturated rings. The first-order valence-electron chi connectivity index (χ1n) is 8.92. The van der Waals surface area contributed by atoms with E-state index < -0.39 is 5.92 Å². The summed E-state index contributed by atoms with van der Waals surface area (Å²) in [4.78, 5) is 19.3. The van der Waals surface area contributed by atoms with Crippen LogP contribution in [0.25, 0.3) is 11.3 Å². The van der Waals surface area contributed by atoms with Gasteiger partial charge in [-0.25, -0.2) is 4.98 Å². The highest BCUT2D eigenvalue weighted by Gasteiger charge is 2.27. The van der Waals surface area contributed by atoms with Crippen LogP contribution < -0.4 is 0 Å². The molecule has 0 N–H and O–H groups in total. The molecule has 1 aromatic carbocycles. The minimum atomic E-state index is -0.799. The summed E-state index contributed by atoms with van der Waals surface area (Å²) >= 11 is 7.29. The molecule has 1 aliphatic carbocycles. The van der Waals surface area contributed by atoms with E-state index in [1.807, 2.05) is 36.7 Å². The second-order valence-corrected chi connectivity index (χ2v) is 8.14. The van der Waals surface area contributed by atoms with Gasteiger partial charge >= 0.3 is 0 Å². The second-order valence-electron chi connectivity index (χ2n) is 6.81. The van der Waals surface area contributed by atoms with Crippen molar-refractivity contribution in [3.8, 4) is 17.3 Å². The first-order chi connectivity index (χ1) is 12.6. The minimum Gasteiger partial charge on any atom is -0.296 e. The summed E-state index contributed by atoms with van der Waals surface area (Å²) in [7, 11) is 1.99. The number of nitrogens with zero attached hydrogens (tertiary/aromatic N) is 3. The van der Waals surface area contributed by atoms with E-state index in [9.17, 15) is 10.1 Å². The Balaban J connectivity index is 1.69. The molecule has 0 aliphatic heterocycles. The molecule has 26 heavy (non-hydrogen) atoms. The third kappa shape index (κ3) is 4.50. The number of benzene rings is 1. The average molecular weight is 388 g/mol. The zero-order valence-electron chi connectivity index (χ0n) is 14.8. The molecule has 0 bridgehead atoms. The van der Waals surface area contributed by atoms with Crippen LogP contribution in [0.5, 0.6) is 0 Å². The first kappa shape index (κ1) is 19.0. The van der Waals surface area contributed by atoms with Gasteiger partial charge in [-0.3, -0.25) is 9.69 Å². The molecule has 1 heterocycles. The summed E-state index contributed by atoms with van der Waals surface area (Å²) in [6, 6.07) is 10.00. The van der Waals surface area contributed by atoms with Crippen LogP contribution in [0, 0.1) is 11.3 Å². The lowest BCUT2D eigenvalue weighted by Gasteiger charge is -2.30. The van der Waals surface area contributed by atoms with Crippen LogP contribution in [0.3, 0.4) is 0 Å². The fourth-order valence-electron chi connectivity index (χ4n) is 3.43. The molecule has 0 radical (unpaired) electrons. The Morgan fingerprint density at radius 1 is 1.35 bits per heavy atom. The van der Waals surface area contributed by atoms with Gasteiger partial charge in [0, 0.05) is 22.0 Å². The van der Waals surface area contributed by atoms with E-state index in [2.05, 4.69) is 16.0 Å². The van der Waals surface area contributed by atoms with Gasteiger partial charge in [-0.2, -0.15) is 5.26 Å². The van der Waals surface area contributed by atoms with Gasteiger partial charge in [-0.05, 0) is 32.0 Å². The fraction of sp³-hybridized carbons (Fsp3) is 0.450. The molecule has 1 aromatic heterocycles. The average Bonchev–Trinajstić information content (AvgIpc) is 3.13. The van der Waals surface area contributed by atoms with Crippen LogP contribution in [0.1, 0.15) is 43.0 Å². The number of carbonyl (C=O) groups excluding carboxylic acids is 1. The van der Waals surface area contributed by atoms with Gasteiger partial charge in [0.25, 0.3) is 0 Å². The molecule has 1 aliphatic rings. The SMILES string of the molecule is CN(CC(=O)[C@H](C#N)c1nc(-c2ccc(Cl)cc2)cs1)C1CCCCC1. The van der Waals surface area contributed by atoms with Gasteiger partial charge in [0.05, 0.1) is 18.3 Å². The van der Waals surface area contributed by atoms with Gasteiger partial charge in [-0.15, -0.1) is 11.3 Å². The van der Waals surface area contributed by atoms with E-state index in [0.717, 1.165) is 24.1 Å². The van der Waals surface area contributed by atoms with Crippen LogP contribution in [-0.2, 0) is 4.79 Å². The number of rotatable bonds is 6. The van der Waals surface area contributed by atoms with Gasteiger partial charge < -0.3 is 0 Å². The normalized spacial score (nSPS) is 16.4. The molecule has 1 atom stereocenters. The molecule has 136 valence electrons. The molecule has 3 rings (SSSR count). The van der Waals surface area contributed by atoms with Crippen LogP contribution in [-0.4, -0.2) is 35.3 Å². The molecule has 0 saturated heterocycles. The molecule has 2 aromatic rings. The maximum absolute atomic E-state index is 12.7. The predicted molar refractivity (Wildman–Crippen MR) is 105 cm³/mol. The second kappa shape index (κ2) is 8.77. The van der Waals surface area contributed by atoms with Crippen molar-refractivity contribution in [3.05, 3.63) is 39.7 Å². The van der Waals surface area contributed by atoms with E-state index in [-0.39, 0.29) is 5.78 Å². The van der Waals surface area contributed by atoms with Crippen molar-refractivity contribution in [3.63, 3.8) is 0 Å². The number of hydrogen-bond donors (Lipinski definition) is 0. The molecular formula is C20H22ClN3OS. The Morgan fingerprint density at radius 3 is 2.69 bits per heavy atom. The molecule has 4 nitrogen and oxygen atoms in total. The highest BCUT2D eigenvalue weighted by molar-refractivity contribution is 7.10. The number of ketones is 1. The van der Waals surface area contributed by atoms with Gasteiger partial charge in [0.2, 0.25) is 0 Å². The number of carbonyl (C=O) groups is 1. The van der Waals surface area contributed by atoms with Crippen LogP contribution in [0.4, 0.5) is 0 Å². The smallest absolute Gasteiger partial charge is 0.170 e. The van der Waals surface area contributed by atoms with Crippen LogP contribution in [0.2, 0.25) is 5.02 Å². The van der Waals surface area contributed by atoms with Crippen molar-refractivity contribution in [2.24, 2.45) is 0 Å². The summed E-state index contributed by atoms with van der Waals surface area (Å²) in [5, 5.41) is 12.7. The summed E-state index contributed by atoms with van der Waals surface area (Å²) in [6.45, 7) is 0.304. The number of aromatic nitrogens is 1. The van der Waals surface area contributed by atoms with E-state index in [0.29, 0.717) is 22.6 Å². The van der Waals surface area contributed by atoms with E-state index in [1.165, 1.54) is 30.6 Å². The number of thiazole rings is 1. The van der Waals surface area contributed by atoms with Crippen molar-refractivity contribution in [2.75, 3.05) is 13.6 Å². The highest BCUT2D eigenvalue weighted by atomic mass is 35.5. The van der Waals surface area contributed by atoms with Crippen LogP contribution >= 0.6 is 22.9 Å². The van der Waals surface area contributed by atoms with Crippen molar-refractivity contribution in [2.45, 2.75) is 44.1 Å². The fourth-order valence-corrected chi connectivity index (χ4v) is 4.44. The zero-order valence-corrected chi connectivity index (χ0v) is 16.4. The number of halogens is 1. The van der Waals surface area contributed by atoms with Gasteiger partial charge in [0.1, 0.15) is 5.01 Å². The topological polar surface area (TPSA) is 57.0 Å². The quantitative estimate of drug-likeness (QED) is 0.707. The van der Waals surface area contributed by atoms with Crippen molar-refractivity contribution in [1.29, 1.82) is 5.26 Å². The molecule has 6 heteroatoms. The van der Waals surface area contributed by atoms with Crippen LogP contribution in [0.15, 0.2) is 29.6 Å². The summed E-state index contributed by atoms with van der Waals surface area (Å²) in [5.74, 6) is -0.871. The number of likely N-dealkylation sites (N-methyl/N-ethyl adjacent to an activating group) is 1. The lowest BCUT2D eigenvalue weighted by atomic mass is 9.94. The maximum atomic E-state index is 12.7. The Hall–Kier alpha value is -1.74. The van der Waals surface area contributed by atoms with Gasteiger partial charge in [-0.1, -0.05) is 43.0 Å². The van der Waals surface area contributed by atoms with Crippen molar-refractivity contribution >= 4 is 28.7 Å². The lowest BCUT2D eigenvalue weighted by molar-refractivity contribution is -0.120. The molecule has 1 saturated carbocycles. The Labute approximate surface area is 163 Å². The number of nitriles is 1. The Bertz CT molecular complexity index is 790. The van der Waals surface area contributed by atoms with E-state index in [4.69, 9.17) is 11.6 Å². The lowest BCUT2D eigenvalue weighted by Crippen LogP contribution is -2.38. The number of hydrogen-bond acceptors (Lipinski definition) is 5. The third-order valence-corrected chi connectivity index (χ3v) is 6.12. The predicted octanol–water partition coefficient (Wildman–Crippen LogP) is 4.90. The molecule has 0 spiro atoms. The van der Waals surface area contributed by atoms with E-state index >= 15 is 0 Å². The largest absolute Gasteiger partial charge is 0.296 e. The van der Waals surface area contributed by atoms with Crippen molar-refractivity contribution < 1.29 is 4.79 Å². The summed E-state index contributed by atoms with van der Waals surface area (Å²) < 4.78 is 0. The number of Topliss-reactive ketones (excluding diaryl/α,β-unsaturated/α-hetero) is 1. The summed E-state index contributed by atoms with van der Waals surface area (Å²) in [5.41, 5.74) is 1.70. The molecular weight excluding hydrogens is 366 g/mol. The molecule has 0 unspecified atom stereocenters. The van der Waals surface area contributed by atoms with Crippen molar-refractivity contribution in [1.82, 2.24) is 9.88 Å². The third-order valence-electron chi connectivity index (χ3n) is 4.96. The maximum Gasteiger partial charge on any atom is 0.170 e. The highest BCUT2D eigenvalue weighted by Crippen LogP contribution is 2.28. The minimum absolute atomic E-state index is 0.0717. The van der Waals surface area contributed by atoms with Gasteiger partial charge in [0.15, 0.2) is 11.7 Å². The first-order valence-corrected chi connectivity index (χ1v) is 10.2. The zero-order chi connectivity index (χ0) is 18.5. The monoisotopic (exact) mass is 387 g/mol. The molecule has 0 amide bonds. The Morgan fingerprint density at radius 2 is 2.04 bits per heavy atom. The standard InChI is InChI=1S/C20H22ClN3OS/c1-24(16-5-3-2-4-6-16)12-19(25)17(11-22)20-23-18(13-26-20)14-7-9-15(21)10-8-14/h7-10,13,16-17H,2-6,12H2,1H3/t17-/m0/s1. The Kier molecular flexibility index (Phi) is 6.42.